The summed E-state index contributed by atoms with van der Waals surface area (Å²) >= 11 is 1.75. The van der Waals surface area contributed by atoms with E-state index < -0.39 is 0 Å². The topological polar surface area (TPSA) is 62.7 Å². The van der Waals surface area contributed by atoms with E-state index in [4.69, 9.17) is 0 Å². The second-order valence-electron chi connectivity index (χ2n) is 4.95. The number of aromatic nitrogens is 3. The summed E-state index contributed by atoms with van der Waals surface area (Å²) in [7, 11) is 0. The standard InChI is InChI=1S/C15H23N5S/c1-5-7-16-14-10(3)15(20-11(4)19-14)18-9-13-17-8-12(6-2)21-13/h8H,5-7,9H2,1-4H3,(H2,16,18,19,20). The summed E-state index contributed by atoms with van der Waals surface area (Å²) in [6.45, 7) is 9.87. The zero-order valence-corrected chi connectivity index (χ0v) is 14.0. The Kier molecular flexibility index (Phi) is 5.50. The number of hydrogen-bond donors (Lipinski definition) is 2. The zero-order chi connectivity index (χ0) is 15.2. The fourth-order valence-electron chi connectivity index (χ4n) is 1.97. The molecule has 2 N–H and O–H groups in total. The first kappa shape index (κ1) is 15.7. The zero-order valence-electron chi connectivity index (χ0n) is 13.2. The van der Waals surface area contributed by atoms with E-state index in [0.29, 0.717) is 6.54 Å². The van der Waals surface area contributed by atoms with Crippen LogP contribution in [0.5, 0.6) is 0 Å². The molecule has 0 spiro atoms. The Hall–Kier alpha value is -1.69. The van der Waals surface area contributed by atoms with Gasteiger partial charge in [-0.1, -0.05) is 13.8 Å². The molecule has 2 rings (SSSR count). The first-order chi connectivity index (χ1) is 10.1. The minimum atomic E-state index is 0.704. The third-order valence-electron chi connectivity index (χ3n) is 3.16. The predicted octanol–water partition coefficient (Wildman–Crippen LogP) is 3.55. The number of hydrogen-bond acceptors (Lipinski definition) is 6. The minimum absolute atomic E-state index is 0.704. The molecule has 0 saturated carbocycles. The third kappa shape index (κ3) is 4.14. The van der Waals surface area contributed by atoms with Gasteiger partial charge in [0.2, 0.25) is 0 Å². The Balaban J connectivity index is 2.09. The van der Waals surface area contributed by atoms with Crippen molar-refractivity contribution in [2.24, 2.45) is 0 Å². The van der Waals surface area contributed by atoms with Crippen molar-refractivity contribution >= 4 is 23.0 Å². The molecule has 2 heterocycles. The van der Waals surface area contributed by atoms with E-state index in [1.807, 2.05) is 20.0 Å². The summed E-state index contributed by atoms with van der Waals surface area (Å²) in [5.74, 6) is 2.57. The largest absolute Gasteiger partial charge is 0.370 e. The lowest BCUT2D eigenvalue weighted by Crippen LogP contribution is -2.10. The van der Waals surface area contributed by atoms with Gasteiger partial charge in [-0.05, 0) is 26.7 Å². The minimum Gasteiger partial charge on any atom is -0.370 e. The molecule has 0 atom stereocenters. The van der Waals surface area contributed by atoms with Gasteiger partial charge in [-0.15, -0.1) is 11.3 Å². The second kappa shape index (κ2) is 7.36. The molecular weight excluding hydrogens is 282 g/mol. The average molecular weight is 305 g/mol. The van der Waals surface area contributed by atoms with Crippen LogP contribution in [0, 0.1) is 13.8 Å². The maximum atomic E-state index is 4.50. The highest BCUT2D eigenvalue weighted by Gasteiger charge is 2.09. The highest BCUT2D eigenvalue weighted by molar-refractivity contribution is 7.11. The van der Waals surface area contributed by atoms with E-state index >= 15 is 0 Å². The van der Waals surface area contributed by atoms with Gasteiger partial charge in [-0.25, -0.2) is 15.0 Å². The van der Waals surface area contributed by atoms with Crippen molar-refractivity contribution in [3.05, 3.63) is 27.5 Å². The Morgan fingerprint density at radius 2 is 1.81 bits per heavy atom. The van der Waals surface area contributed by atoms with Crippen molar-refractivity contribution in [3.63, 3.8) is 0 Å². The number of nitrogens with one attached hydrogen (secondary N) is 2. The molecule has 0 aliphatic carbocycles. The van der Waals surface area contributed by atoms with Crippen molar-refractivity contribution in [3.8, 4) is 0 Å². The van der Waals surface area contributed by atoms with Gasteiger partial charge in [-0.2, -0.15) is 0 Å². The summed E-state index contributed by atoms with van der Waals surface area (Å²) in [6, 6.07) is 0. The van der Waals surface area contributed by atoms with Crippen LogP contribution in [-0.2, 0) is 13.0 Å². The molecule has 2 aromatic heterocycles. The van der Waals surface area contributed by atoms with Crippen molar-refractivity contribution in [1.29, 1.82) is 0 Å². The van der Waals surface area contributed by atoms with Crippen LogP contribution >= 0.6 is 11.3 Å². The number of anilines is 2. The van der Waals surface area contributed by atoms with E-state index in [2.05, 4.69) is 39.4 Å². The number of thiazole rings is 1. The van der Waals surface area contributed by atoms with Crippen molar-refractivity contribution in [2.45, 2.75) is 47.1 Å². The Labute approximate surface area is 130 Å². The smallest absolute Gasteiger partial charge is 0.135 e. The molecule has 0 fully saturated rings. The van der Waals surface area contributed by atoms with Gasteiger partial charge in [0.15, 0.2) is 0 Å². The Morgan fingerprint density at radius 1 is 1.10 bits per heavy atom. The summed E-state index contributed by atoms with van der Waals surface area (Å²) in [6.07, 6.45) is 4.06. The molecule has 0 unspecified atom stereocenters. The van der Waals surface area contributed by atoms with E-state index in [9.17, 15) is 0 Å². The Bertz CT molecular complexity index is 594. The van der Waals surface area contributed by atoms with E-state index in [1.54, 1.807) is 11.3 Å². The summed E-state index contributed by atoms with van der Waals surface area (Å²) < 4.78 is 0. The fraction of sp³-hybridized carbons (Fsp3) is 0.533. The maximum Gasteiger partial charge on any atom is 0.135 e. The van der Waals surface area contributed by atoms with Gasteiger partial charge in [0.1, 0.15) is 22.5 Å². The molecular formula is C15H23N5S. The molecule has 0 bridgehead atoms. The van der Waals surface area contributed by atoms with Crippen LogP contribution in [0.25, 0.3) is 0 Å². The van der Waals surface area contributed by atoms with Crippen molar-refractivity contribution in [1.82, 2.24) is 15.0 Å². The average Bonchev–Trinajstić information content (AvgIpc) is 2.94. The third-order valence-corrected chi connectivity index (χ3v) is 4.30. The lowest BCUT2D eigenvalue weighted by Gasteiger charge is -2.13. The van der Waals surface area contributed by atoms with Gasteiger partial charge in [0.05, 0.1) is 6.54 Å². The predicted molar refractivity (Wildman–Crippen MR) is 89.1 cm³/mol. The quantitative estimate of drug-likeness (QED) is 0.819. The van der Waals surface area contributed by atoms with Crippen molar-refractivity contribution in [2.75, 3.05) is 17.2 Å². The molecule has 21 heavy (non-hydrogen) atoms. The molecule has 0 aromatic carbocycles. The van der Waals surface area contributed by atoms with E-state index in [-0.39, 0.29) is 0 Å². The van der Waals surface area contributed by atoms with Crippen LogP contribution in [0.15, 0.2) is 6.20 Å². The summed E-state index contributed by atoms with van der Waals surface area (Å²) in [5.41, 5.74) is 1.06. The van der Waals surface area contributed by atoms with Gasteiger partial charge in [0, 0.05) is 23.2 Å². The summed E-state index contributed by atoms with van der Waals surface area (Å²) in [4.78, 5) is 14.7. The first-order valence-corrected chi connectivity index (χ1v) is 8.22. The summed E-state index contributed by atoms with van der Waals surface area (Å²) in [5, 5.41) is 7.82. The van der Waals surface area contributed by atoms with Gasteiger partial charge in [-0.3, -0.25) is 0 Å². The molecule has 5 nitrogen and oxygen atoms in total. The molecule has 2 aromatic rings. The molecule has 0 aliphatic rings. The van der Waals surface area contributed by atoms with Crippen LogP contribution in [-0.4, -0.2) is 21.5 Å². The molecule has 0 aliphatic heterocycles. The molecule has 6 heteroatoms. The van der Waals surface area contributed by atoms with Gasteiger partial charge >= 0.3 is 0 Å². The number of aryl methyl sites for hydroxylation is 2. The fourth-order valence-corrected chi connectivity index (χ4v) is 2.77. The lowest BCUT2D eigenvalue weighted by molar-refractivity contribution is 0.941. The normalized spacial score (nSPS) is 10.7. The van der Waals surface area contributed by atoms with E-state index in [1.165, 1.54) is 4.88 Å². The van der Waals surface area contributed by atoms with Crippen LogP contribution in [0.2, 0.25) is 0 Å². The van der Waals surface area contributed by atoms with Crippen LogP contribution in [0.4, 0.5) is 11.6 Å². The molecule has 0 radical (unpaired) electrons. The second-order valence-corrected chi connectivity index (χ2v) is 6.15. The van der Waals surface area contributed by atoms with Crippen LogP contribution in [0.3, 0.4) is 0 Å². The highest BCUT2D eigenvalue weighted by atomic mass is 32.1. The molecule has 114 valence electrons. The SMILES string of the molecule is CCCNc1nc(C)nc(NCc2ncc(CC)s2)c1C. The number of rotatable bonds is 7. The molecule has 0 saturated heterocycles. The Morgan fingerprint density at radius 3 is 2.43 bits per heavy atom. The van der Waals surface area contributed by atoms with Crippen molar-refractivity contribution < 1.29 is 0 Å². The maximum absolute atomic E-state index is 4.50. The first-order valence-electron chi connectivity index (χ1n) is 7.40. The molecule has 0 amide bonds. The van der Waals surface area contributed by atoms with Crippen LogP contribution in [0.1, 0.15) is 41.5 Å². The van der Waals surface area contributed by atoms with Gasteiger partial charge < -0.3 is 10.6 Å². The van der Waals surface area contributed by atoms with E-state index in [0.717, 1.165) is 47.4 Å². The van der Waals surface area contributed by atoms with Crippen LogP contribution < -0.4 is 10.6 Å². The monoisotopic (exact) mass is 305 g/mol. The lowest BCUT2D eigenvalue weighted by atomic mass is 10.3. The van der Waals surface area contributed by atoms with Gasteiger partial charge in [0.25, 0.3) is 0 Å². The highest BCUT2D eigenvalue weighted by Crippen LogP contribution is 2.21. The number of nitrogens with zero attached hydrogens (tertiary/aromatic N) is 3.